The third kappa shape index (κ3) is 8.33. The zero-order valence-electron chi connectivity index (χ0n) is 20.8. The van der Waals surface area contributed by atoms with E-state index in [1.807, 2.05) is 26.0 Å². The molecule has 0 bridgehead atoms. The number of carbonyl (C=O) groups is 2. The lowest BCUT2D eigenvalue weighted by Gasteiger charge is -2.17. The maximum absolute atomic E-state index is 12.7. The van der Waals surface area contributed by atoms with Crippen LogP contribution in [0.3, 0.4) is 0 Å². The highest BCUT2D eigenvalue weighted by Crippen LogP contribution is 2.18. The van der Waals surface area contributed by atoms with Crippen LogP contribution in [-0.4, -0.2) is 41.9 Å². The Bertz CT molecular complexity index is 1310. The molecule has 0 saturated carbocycles. The number of sulfonamides is 1. The van der Waals surface area contributed by atoms with Gasteiger partial charge in [0.1, 0.15) is 5.92 Å². The van der Waals surface area contributed by atoms with E-state index in [0.29, 0.717) is 24.3 Å². The van der Waals surface area contributed by atoms with E-state index < -0.39 is 27.8 Å². The molecular weight excluding hydrogens is 609 g/mol. The van der Waals surface area contributed by atoms with E-state index in [-0.39, 0.29) is 24.0 Å². The van der Waals surface area contributed by atoms with Gasteiger partial charge in [0.15, 0.2) is 0 Å². The Morgan fingerprint density at radius 3 is 2.38 bits per heavy atom. The topological polar surface area (TPSA) is 132 Å². The summed E-state index contributed by atoms with van der Waals surface area (Å²) in [5, 5.41) is 10.8. The Balaban J connectivity index is 1.62. The van der Waals surface area contributed by atoms with Crippen molar-refractivity contribution in [2.75, 3.05) is 11.9 Å². The van der Waals surface area contributed by atoms with Crippen molar-refractivity contribution in [3.63, 3.8) is 0 Å². The first-order valence-corrected chi connectivity index (χ1v) is 14.3. The Kier molecular flexibility index (Phi) is 10.2. The highest BCUT2D eigenvalue weighted by molar-refractivity contribution is 14.1. The van der Waals surface area contributed by atoms with Crippen LogP contribution in [0.5, 0.6) is 0 Å². The summed E-state index contributed by atoms with van der Waals surface area (Å²) in [6.07, 6.45) is 1.90. The van der Waals surface area contributed by atoms with Crippen LogP contribution in [-0.2, 0) is 37.4 Å². The van der Waals surface area contributed by atoms with Gasteiger partial charge < -0.3 is 10.1 Å². The lowest BCUT2D eigenvalue weighted by atomic mass is 9.96. The number of esters is 1. The van der Waals surface area contributed by atoms with Crippen molar-refractivity contribution in [3.05, 3.63) is 69.6 Å². The first-order valence-electron chi connectivity index (χ1n) is 11.8. The van der Waals surface area contributed by atoms with Gasteiger partial charge in [-0.15, -0.1) is 5.10 Å². The van der Waals surface area contributed by atoms with Crippen molar-refractivity contribution in [3.8, 4) is 0 Å². The number of hydrogen-bond acceptors (Lipinski definition) is 7. The quantitative estimate of drug-likeness (QED) is 0.176. The smallest absolute Gasteiger partial charge is 0.318 e. The number of nitrogens with zero attached hydrogens (tertiary/aromatic N) is 3. The molecule has 1 heterocycles. The molecule has 2 N–H and O–H groups in total. The number of rotatable bonds is 12. The molecule has 198 valence electrons. The number of anilines is 1. The zero-order chi connectivity index (χ0) is 27.0. The fourth-order valence-corrected chi connectivity index (χ4v) is 4.89. The molecular formula is C25H30IN5O5S. The molecule has 1 aromatic heterocycles. The maximum Gasteiger partial charge on any atom is 0.318 e. The Labute approximate surface area is 230 Å². The van der Waals surface area contributed by atoms with Crippen molar-refractivity contribution >= 4 is 50.2 Å². The van der Waals surface area contributed by atoms with E-state index in [1.165, 1.54) is 6.20 Å². The van der Waals surface area contributed by atoms with Gasteiger partial charge in [0, 0.05) is 9.26 Å². The predicted octanol–water partition coefficient (Wildman–Crippen LogP) is 3.57. The molecule has 0 saturated heterocycles. The molecule has 0 aliphatic heterocycles. The van der Waals surface area contributed by atoms with Crippen molar-refractivity contribution in [1.29, 1.82) is 0 Å². The summed E-state index contributed by atoms with van der Waals surface area (Å²) in [5.74, 6) is -1.65. The molecule has 1 amide bonds. The van der Waals surface area contributed by atoms with Crippen LogP contribution in [0.4, 0.5) is 5.69 Å². The van der Waals surface area contributed by atoms with E-state index in [4.69, 9.17) is 4.74 Å². The number of halogens is 1. The average molecular weight is 640 g/mol. The lowest BCUT2D eigenvalue weighted by molar-refractivity contribution is -0.151. The molecule has 2 aromatic carbocycles. The SMILES string of the molecule is CCOC(=O)C(CC(C)C)C(=O)Nc1ccc(Cn2nncc2CNS(=O)(=O)c2ccc(I)cc2)cc1. The number of nitrogens with one attached hydrogen (secondary N) is 2. The molecule has 0 fully saturated rings. The summed E-state index contributed by atoms with van der Waals surface area (Å²) in [7, 11) is -3.68. The van der Waals surface area contributed by atoms with Gasteiger partial charge in [-0.1, -0.05) is 31.2 Å². The molecule has 0 radical (unpaired) electrons. The maximum atomic E-state index is 12.7. The van der Waals surface area contributed by atoms with E-state index in [2.05, 4.69) is 42.9 Å². The third-order valence-corrected chi connectivity index (χ3v) is 7.55. The second kappa shape index (κ2) is 13.1. The summed E-state index contributed by atoms with van der Waals surface area (Å²) in [4.78, 5) is 25.2. The second-order valence-corrected chi connectivity index (χ2v) is 11.8. The summed E-state index contributed by atoms with van der Waals surface area (Å²) in [6.45, 7) is 6.20. The first kappa shape index (κ1) is 28.7. The number of amides is 1. The fourth-order valence-electron chi connectivity index (χ4n) is 3.54. The standard InChI is InChI=1S/C25H30IN5O5S/c1-4-36-25(33)23(13-17(2)3)24(32)29-20-9-5-18(6-10-20)16-31-21(14-27-30-31)15-28-37(34,35)22-11-7-19(26)8-12-22/h5-12,14,17,23,28H,4,13,15-16H2,1-3H3,(H,29,32). The molecule has 12 heteroatoms. The van der Waals surface area contributed by atoms with Crippen molar-refractivity contribution in [2.24, 2.45) is 11.8 Å². The number of hydrogen-bond donors (Lipinski definition) is 2. The number of benzene rings is 2. The van der Waals surface area contributed by atoms with Gasteiger partial charge in [-0.3, -0.25) is 9.59 Å². The number of aromatic nitrogens is 3. The average Bonchev–Trinajstić information content (AvgIpc) is 3.29. The third-order valence-electron chi connectivity index (χ3n) is 5.41. The van der Waals surface area contributed by atoms with Crippen LogP contribution in [0.1, 0.15) is 38.4 Å². The zero-order valence-corrected chi connectivity index (χ0v) is 23.8. The summed E-state index contributed by atoms with van der Waals surface area (Å²) >= 11 is 2.11. The molecule has 0 aliphatic carbocycles. The van der Waals surface area contributed by atoms with Gasteiger partial charge in [-0.25, -0.2) is 17.8 Å². The van der Waals surface area contributed by atoms with Crippen LogP contribution < -0.4 is 10.0 Å². The molecule has 10 nitrogen and oxygen atoms in total. The highest BCUT2D eigenvalue weighted by atomic mass is 127. The number of carbonyl (C=O) groups excluding carboxylic acids is 2. The molecule has 3 rings (SSSR count). The number of ether oxygens (including phenoxy) is 1. The van der Waals surface area contributed by atoms with Crippen LogP contribution >= 0.6 is 22.6 Å². The van der Waals surface area contributed by atoms with Crippen LogP contribution in [0.15, 0.2) is 59.6 Å². The minimum absolute atomic E-state index is 0.0283. The van der Waals surface area contributed by atoms with E-state index in [9.17, 15) is 18.0 Å². The lowest BCUT2D eigenvalue weighted by Crippen LogP contribution is -2.32. The monoisotopic (exact) mass is 639 g/mol. The van der Waals surface area contributed by atoms with Gasteiger partial charge in [-0.2, -0.15) is 0 Å². The minimum atomic E-state index is -3.68. The molecule has 1 atom stereocenters. The summed E-state index contributed by atoms with van der Waals surface area (Å²) in [6, 6.07) is 13.7. The van der Waals surface area contributed by atoms with Gasteiger partial charge in [-0.05, 0) is 83.8 Å². The van der Waals surface area contributed by atoms with Crippen LogP contribution in [0.25, 0.3) is 0 Å². The van der Waals surface area contributed by atoms with Gasteiger partial charge in [0.25, 0.3) is 0 Å². The van der Waals surface area contributed by atoms with Gasteiger partial charge >= 0.3 is 5.97 Å². The van der Waals surface area contributed by atoms with E-state index >= 15 is 0 Å². The molecule has 0 spiro atoms. The van der Waals surface area contributed by atoms with E-state index in [0.717, 1.165) is 9.13 Å². The Morgan fingerprint density at radius 1 is 1.08 bits per heavy atom. The van der Waals surface area contributed by atoms with E-state index in [1.54, 1.807) is 48.0 Å². The molecule has 0 aliphatic rings. The first-order chi connectivity index (χ1) is 17.6. The van der Waals surface area contributed by atoms with Gasteiger partial charge in [0.2, 0.25) is 15.9 Å². The van der Waals surface area contributed by atoms with Crippen molar-refractivity contribution in [2.45, 2.75) is 45.2 Å². The van der Waals surface area contributed by atoms with Crippen molar-refractivity contribution < 1.29 is 22.7 Å². The van der Waals surface area contributed by atoms with Crippen LogP contribution in [0.2, 0.25) is 0 Å². The molecule has 37 heavy (non-hydrogen) atoms. The Hall–Kier alpha value is -2.84. The molecule has 1 unspecified atom stereocenters. The van der Waals surface area contributed by atoms with Crippen molar-refractivity contribution in [1.82, 2.24) is 19.7 Å². The predicted molar refractivity (Wildman–Crippen MR) is 147 cm³/mol. The second-order valence-electron chi connectivity index (χ2n) is 8.78. The summed E-state index contributed by atoms with van der Waals surface area (Å²) in [5.41, 5.74) is 2.02. The van der Waals surface area contributed by atoms with Gasteiger partial charge in [0.05, 0.1) is 36.5 Å². The molecule has 3 aromatic rings. The van der Waals surface area contributed by atoms with Crippen LogP contribution in [0, 0.1) is 15.4 Å². The highest BCUT2D eigenvalue weighted by Gasteiger charge is 2.29. The largest absolute Gasteiger partial charge is 0.465 e. The Morgan fingerprint density at radius 2 is 1.76 bits per heavy atom. The summed E-state index contributed by atoms with van der Waals surface area (Å²) < 4.78 is 35.4. The minimum Gasteiger partial charge on any atom is -0.465 e. The fraction of sp³-hybridized carbons (Fsp3) is 0.360. The normalized spacial score (nSPS) is 12.4.